The summed E-state index contributed by atoms with van der Waals surface area (Å²) < 4.78 is 6.58. The molecule has 8 heteroatoms. The molecule has 1 aliphatic heterocycles. The van der Waals surface area contributed by atoms with Gasteiger partial charge in [0.15, 0.2) is 0 Å². The number of carbonyl (C=O) groups excluding carboxylic acids is 1. The average Bonchev–Trinajstić information content (AvgIpc) is 3.24. The van der Waals surface area contributed by atoms with E-state index in [0.717, 1.165) is 30.0 Å². The molecule has 1 N–H and O–H groups in total. The van der Waals surface area contributed by atoms with E-state index >= 15 is 0 Å². The number of hydrogen-bond donors (Lipinski definition) is 1. The van der Waals surface area contributed by atoms with Crippen molar-refractivity contribution in [1.29, 1.82) is 0 Å². The van der Waals surface area contributed by atoms with E-state index in [1.54, 1.807) is 17.1 Å². The van der Waals surface area contributed by atoms with E-state index in [9.17, 15) is 4.79 Å². The van der Waals surface area contributed by atoms with Crippen LogP contribution < -0.4 is 0 Å². The molecule has 0 bridgehead atoms. The van der Waals surface area contributed by atoms with Gasteiger partial charge < -0.3 is 14.5 Å². The maximum absolute atomic E-state index is 12.8. The molecule has 30 heavy (non-hydrogen) atoms. The normalized spacial score (nSPS) is 16.8. The fourth-order valence-corrected chi connectivity index (χ4v) is 3.92. The zero-order valence-electron chi connectivity index (χ0n) is 16.6. The molecule has 3 rings (SSSR count). The Morgan fingerprint density at radius 3 is 2.57 bits per heavy atom. The number of likely N-dealkylation sites (tertiary alicyclic amines) is 1. The van der Waals surface area contributed by atoms with Crippen molar-refractivity contribution in [3.63, 3.8) is 0 Å². The summed E-state index contributed by atoms with van der Waals surface area (Å²) in [6, 6.07) is 10.4. The van der Waals surface area contributed by atoms with E-state index in [1.807, 2.05) is 13.0 Å². The number of rotatable bonds is 6. The first-order valence-electron chi connectivity index (χ1n) is 9.69. The van der Waals surface area contributed by atoms with Gasteiger partial charge in [-0.25, -0.2) is 0 Å². The Balaban J connectivity index is 1.65. The Hall–Kier alpha value is -2.19. The Morgan fingerprint density at radius 2 is 1.93 bits per heavy atom. The molecule has 6 nitrogen and oxygen atoms in total. The van der Waals surface area contributed by atoms with Crippen molar-refractivity contribution in [1.82, 2.24) is 15.0 Å². The molecule has 1 amide bonds. The first-order chi connectivity index (χ1) is 14.5. The standard InChI is InChI=1S/C22H23Br2N3O3/c1-15(23)11-18(13-19(24)14-28)21-25-20(26-30-21)22(29)27-9-7-17(8-10-27)12-16-5-3-2-4-6-16/h2-6,11,13-14,17,28H,7-10,12H2,1H3/b15-11+,18-13+,19-14-. The van der Waals surface area contributed by atoms with Crippen molar-refractivity contribution in [3.8, 4) is 0 Å². The number of hydrogen-bond acceptors (Lipinski definition) is 5. The summed E-state index contributed by atoms with van der Waals surface area (Å²) in [5.41, 5.74) is 1.90. The molecule has 158 valence electrons. The fourth-order valence-electron chi connectivity index (χ4n) is 3.42. The number of benzene rings is 1. The van der Waals surface area contributed by atoms with Gasteiger partial charge >= 0.3 is 0 Å². The second-order valence-electron chi connectivity index (χ2n) is 7.19. The van der Waals surface area contributed by atoms with Crippen molar-refractivity contribution >= 4 is 43.3 Å². The molecule has 1 saturated heterocycles. The number of aliphatic hydroxyl groups is 1. The molecule has 0 aliphatic carbocycles. The Morgan fingerprint density at radius 1 is 1.23 bits per heavy atom. The maximum atomic E-state index is 12.8. The van der Waals surface area contributed by atoms with E-state index in [1.165, 1.54) is 5.56 Å². The summed E-state index contributed by atoms with van der Waals surface area (Å²) in [4.78, 5) is 18.9. The monoisotopic (exact) mass is 535 g/mol. The van der Waals surface area contributed by atoms with Gasteiger partial charge in [0.1, 0.15) is 0 Å². The lowest BCUT2D eigenvalue weighted by Crippen LogP contribution is -2.39. The van der Waals surface area contributed by atoms with Gasteiger partial charge in [0.2, 0.25) is 0 Å². The van der Waals surface area contributed by atoms with Crippen molar-refractivity contribution in [2.75, 3.05) is 13.1 Å². The maximum Gasteiger partial charge on any atom is 0.295 e. The van der Waals surface area contributed by atoms with Crippen LogP contribution in [0.2, 0.25) is 0 Å². The number of halogens is 2. The first kappa shape index (κ1) is 22.5. The lowest BCUT2D eigenvalue weighted by atomic mass is 9.90. The number of piperidine rings is 1. The fraction of sp³-hybridized carbons (Fsp3) is 0.318. The SMILES string of the molecule is C\C(Br)=C/C(=C\C(Br)=C\O)c1nc(C(=O)N2CCC(Cc3ccccc3)CC2)no1. The number of allylic oxidation sites excluding steroid dienone is 5. The topological polar surface area (TPSA) is 79.5 Å². The van der Waals surface area contributed by atoms with Gasteiger partial charge in [-0.2, -0.15) is 4.98 Å². The number of carbonyl (C=O) groups is 1. The van der Waals surface area contributed by atoms with Gasteiger partial charge in [0.25, 0.3) is 17.6 Å². The molecule has 2 heterocycles. The van der Waals surface area contributed by atoms with Crippen LogP contribution in [-0.4, -0.2) is 39.1 Å². The molecular formula is C22H23Br2N3O3. The van der Waals surface area contributed by atoms with Crippen molar-refractivity contribution in [2.24, 2.45) is 5.92 Å². The zero-order chi connectivity index (χ0) is 21.5. The molecule has 0 atom stereocenters. The number of aromatic nitrogens is 2. The summed E-state index contributed by atoms with van der Waals surface area (Å²) in [5.74, 6) is 0.595. The minimum absolute atomic E-state index is 0.0436. The molecule has 1 fully saturated rings. The van der Waals surface area contributed by atoms with Crippen molar-refractivity contribution < 1.29 is 14.4 Å². The van der Waals surface area contributed by atoms with Gasteiger partial charge in [-0.05, 0) is 70.2 Å². The average molecular weight is 537 g/mol. The largest absolute Gasteiger partial charge is 0.514 e. The molecular weight excluding hydrogens is 514 g/mol. The van der Waals surface area contributed by atoms with E-state index in [0.29, 0.717) is 29.1 Å². The van der Waals surface area contributed by atoms with Crippen LogP contribution in [0.5, 0.6) is 0 Å². The van der Waals surface area contributed by atoms with Crippen LogP contribution in [0.3, 0.4) is 0 Å². The molecule has 0 unspecified atom stereocenters. The number of amides is 1. The van der Waals surface area contributed by atoms with Gasteiger partial charge in [-0.1, -0.05) is 51.4 Å². The van der Waals surface area contributed by atoms with E-state index in [2.05, 4.69) is 66.3 Å². The highest BCUT2D eigenvalue weighted by molar-refractivity contribution is 9.12. The summed E-state index contributed by atoms with van der Waals surface area (Å²) in [6.45, 7) is 3.22. The van der Waals surface area contributed by atoms with Gasteiger partial charge in [0.05, 0.1) is 10.7 Å². The number of aliphatic hydroxyl groups excluding tert-OH is 1. The smallest absolute Gasteiger partial charge is 0.295 e. The first-order valence-corrected chi connectivity index (χ1v) is 11.3. The van der Waals surface area contributed by atoms with E-state index in [4.69, 9.17) is 9.63 Å². The van der Waals surface area contributed by atoms with Crippen LogP contribution in [0.15, 0.2) is 62.2 Å². The molecule has 0 saturated carbocycles. The summed E-state index contributed by atoms with van der Waals surface area (Å²) in [7, 11) is 0. The van der Waals surface area contributed by atoms with Crippen LogP contribution in [0, 0.1) is 5.92 Å². The highest BCUT2D eigenvalue weighted by Crippen LogP contribution is 2.24. The van der Waals surface area contributed by atoms with Crippen LogP contribution >= 0.6 is 31.9 Å². The summed E-state index contributed by atoms with van der Waals surface area (Å²) >= 11 is 6.59. The van der Waals surface area contributed by atoms with E-state index in [-0.39, 0.29) is 17.6 Å². The minimum atomic E-state index is -0.223. The van der Waals surface area contributed by atoms with Gasteiger partial charge in [-0.3, -0.25) is 4.79 Å². The summed E-state index contributed by atoms with van der Waals surface area (Å²) in [5, 5.41) is 13.0. The third kappa shape index (κ3) is 6.15. The van der Waals surface area contributed by atoms with Crippen LogP contribution in [0.1, 0.15) is 41.8 Å². The van der Waals surface area contributed by atoms with Crippen molar-refractivity contribution in [2.45, 2.75) is 26.2 Å². The van der Waals surface area contributed by atoms with Gasteiger partial charge in [-0.15, -0.1) is 0 Å². The number of nitrogens with zero attached hydrogens (tertiary/aromatic N) is 3. The predicted octanol–water partition coefficient (Wildman–Crippen LogP) is 5.64. The highest BCUT2D eigenvalue weighted by Gasteiger charge is 2.27. The lowest BCUT2D eigenvalue weighted by molar-refractivity contribution is 0.0675. The zero-order valence-corrected chi connectivity index (χ0v) is 19.8. The lowest BCUT2D eigenvalue weighted by Gasteiger charge is -2.31. The molecule has 1 aliphatic rings. The van der Waals surface area contributed by atoms with Crippen LogP contribution in [0.4, 0.5) is 0 Å². The predicted molar refractivity (Wildman–Crippen MR) is 123 cm³/mol. The highest BCUT2D eigenvalue weighted by atomic mass is 79.9. The van der Waals surface area contributed by atoms with E-state index < -0.39 is 0 Å². The summed E-state index contributed by atoms with van der Waals surface area (Å²) in [6.07, 6.45) is 7.25. The Labute approximate surface area is 192 Å². The molecule has 0 spiro atoms. The molecule has 2 aromatic rings. The third-order valence-electron chi connectivity index (χ3n) is 4.90. The van der Waals surface area contributed by atoms with Gasteiger partial charge in [0, 0.05) is 18.7 Å². The minimum Gasteiger partial charge on any atom is -0.514 e. The third-order valence-corrected chi connectivity index (χ3v) is 5.57. The Kier molecular flexibility index (Phi) is 8.04. The quantitative estimate of drug-likeness (QED) is 0.381. The molecule has 1 aromatic carbocycles. The van der Waals surface area contributed by atoms with Crippen LogP contribution in [0.25, 0.3) is 5.57 Å². The Bertz CT molecular complexity index is 955. The van der Waals surface area contributed by atoms with Crippen molar-refractivity contribution in [3.05, 3.63) is 75.0 Å². The second kappa shape index (κ2) is 10.7. The molecule has 0 radical (unpaired) electrons. The van der Waals surface area contributed by atoms with Crippen LogP contribution in [-0.2, 0) is 6.42 Å². The molecule has 1 aromatic heterocycles. The second-order valence-corrected chi connectivity index (χ2v) is 9.36.